The fraction of sp³-hybridized carbons (Fsp3) is 0.190. The van der Waals surface area contributed by atoms with E-state index in [9.17, 15) is 18.7 Å². The fourth-order valence-electron chi connectivity index (χ4n) is 2.89. The number of rotatable bonds is 7. The van der Waals surface area contributed by atoms with Crippen molar-refractivity contribution in [3.05, 3.63) is 65.7 Å². The van der Waals surface area contributed by atoms with Crippen molar-refractivity contribution in [2.45, 2.75) is 13.0 Å². The summed E-state index contributed by atoms with van der Waals surface area (Å²) < 4.78 is 34.2. The molecule has 0 saturated heterocycles. The van der Waals surface area contributed by atoms with E-state index in [0.29, 0.717) is 13.0 Å². The zero-order valence-corrected chi connectivity index (χ0v) is 15.1. The molecule has 0 bridgehead atoms. The average molecular weight is 387 g/mol. The maximum absolute atomic E-state index is 12.4. The predicted octanol–water partition coefficient (Wildman–Crippen LogP) is 4.13. The third-order valence-electron chi connectivity index (χ3n) is 4.25. The molecule has 0 aliphatic heterocycles. The minimum Gasteiger partial charge on any atom is -0.507 e. The van der Waals surface area contributed by atoms with Crippen LogP contribution in [0.5, 0.6) is 17.2 Å². The lowest BCUT2D eigenvalue weighted by molar-refractivity contribution is -0.0512. The Balaban J connectivity index is 1.65. The van der Waals surface area contributed by atoms with Crippen molar-refractivity contribution in [1.82, 2.24) is 5.32 Å². The van der Waals surface area contributed by atoms with Crippen molar-refractivity contribution < 1.29 is 28.2 Å². The highest BCUT2D eigenvalue weighted by Crippen LogP contribution is 2.29. The van der Waals surface area contributed by atoms with Crippen LogP contribution in [0.2, 0.25) is 0 Å². The van der Waals surface area contributed by atoms with E-state index < -0.39 is 12.5 Å². The summed E-state index contributed by atoms with van der Waals surface area (Å²) >= 11 is 0. The number of methoxy groups -OCH3 is 1. The molecule has 0 unspecified atom stereocenters. The Hall–Kier alpha value is -3.35. The van der Waals surface area contributed by atoms with Gasteiger partial charge in [0.05, 0.1) is 12.7 Å². The maximum atomic E-state index is 12.4. The van der Waals surface area contributed by atoms with Gasteiger partial charge in [0.15, 0.2) is 11.5 Å². The van der Waals surface area contributed by atoms with Crippen LogP contribution in [0, 0.1) is 0 Å². The van der Waals surface area contributed by atoms with Gasteiger partial charge in [0.2, 0.25) is 0 Å². The van der Waals surface area contributed by atoms with E-state index in [0.717, 1.165) is 16.3 Å². The predicted molar refractivity (Wildman–Crippen MR) is 101 cm³/mol. The fourth-order valence-corrected chi connectivity index (χ4v) is 2.89. The number of halogens is 2. The summed E-state index contributed by atoms with van der Waals surface area (Å²) in [6.45, 7) is -2.64. The van der Waals surface area contributed by atoms with Gasteiger partial charge < -0.3 is 19.9 Å². The second-order valence-electron chi connectivity index (χ2n) is 6.09. The van der Waals surface area contributed by atoms with Gasteiger partial charge in [-0.25, -0.2) is 0 Å². The molecule has 1 amide bonds. The average Bonchev–Trinajstić information content (AvgIpc) is 2.68. The van der Waals surface area contributed by atoms with Gasteiger partial charge in [0, 0.05) is 6.54 Å². The highest BCUT2D eigenvalue weighted by molar-refractivity contribution is 6.01. The van der Waals surface area contributed by atoms with E-state index in [-0.39, 0.29) is 22.8 Å². The number of carbonyl (C=O) groups is 1. The molecule has 0 aromatic heterocycles. The largest absolute Gasteiger partial charge is 0.507 e. The molecular formula is C21H19F2NO4. The van der Waals surface area contributed by atoms with Crippen LogP contribution in [0.25, 0.3) is 10.8 Å². The Labute approximate surface area is 160 Å². The first kappa shape index (κ1) is 19.4. The molecule has 7 heteroatoms. The maximum Gasteiger partial charge on any atom is 0.387 e. The molecule has 2 N–H and O–H groups in total. The topological polar surface area (TPSA) is 67.8 Å². The normalized spacial score (nSPS) is 10.9. The van der Waals surface area contributed by atoms with Gasteiger partial charge >= 0.3 is 6.61 Å². The first-order chi connectivity index (χ1) is 13.5. The van der Waals surface area contributed by atoms with Crippen LogP contribution in [-0.4, -0.2) is 31.3 Å². The number of benzene rings is 3. The van der Waals surface area contributed by atoms with Gasteiger partial charge in [-0.15, -0.1) is 0 Å². The first-order valence-electron chi connectivity index (χ1n) is 8.59. The van der Waals surface area contributed by atoms with E-state index in [4.69, 9.17) is 4.74 Å². The Morgan fingerprint density at radius 3 is 2.46 bits per heavy atom. The van der Waals surface area contributed by atoms with E-state index >= 15 is 0 Å². The summed E-state index contributed by atoms with van der Waals surface area (Å²) in [4.78, 5) is 12.4. The molecule has 146 valence electrons. The molecule has 3 aromatic rings. The van der Waals surface area contributed by atoms with Crippen LogP contribution in [0.15, 0.2) is 54.6 Å². The Kier molecular flexibility index (Phi) is 5.93. The minimum absolute atomic E-state index is 0.0497. The molecule has 0 heterocycles. The number of carbonyl (C=O) groups excluding carboxylic acids is 1. The van der Waals surface area contributed by atoms with E-state index in [1.54, 1.807) is 24.3 Å². The van der Waals surface area contributed by atoms with Gasteiger partial charge in [0.25, 0.3) is 5.91 Å². The summed E-state index contributed by atoms with van der Waals surface area (Å²) in [6.07, 6.45) is 0.450. The molecule has 0 atom stereocenters. The summed E-state index contributed by atoms with van der Waals surface area (Å²) in [5.41, 5.74) is 0.971. The summed E-state index contributed by atoms with van der Waals surface area (Å²) in [7, 11) is 1.36. The smallest absolute Gasteiger partial charge is 0.387 e. The molecule has 0 aliphatic carbocycles. The summed E-state index contributed by atoms with van der Waals surface area (Å²) in [5.74, 6) is -0.345. The number of fused-ring (bicyclic) bond motifs is 1. The highest BCUT2D eigenvalue weighted by atomic mass is 19.3. The summed E-state index contributed by atoms with van der Waals surface area (Å²) in [5, 5.41) is 14.6. The van der Waals surface area contributed by atoms with Crippen LogP contribution in [0.4, 0.5) is 8.78 Å². The quantitative estimate of drug-likeness (QED) is 0.640. The zero-order valence-electron chi connectivity index (χ0n) is 15.1. The van der Waals surface area contributed by atoms with Crippen molar-refractivity contribution in [2.75, 3.05) is 13.7 Å². The van der Waals surface area contributed by atoms with E-state index in [2.05, 4.69) is 10.1 Å². The number of alkyl halides is 2. The van der Waals surface area contributed by atoms with Crippen LogP contribution in [0.1, 0.15) is 15.9 Å². The summed E-state index contributed by atoms with van der Waals surface area (Å²) in [6, 6.07) is 15.2. The number of hydrogen-bond acceptors (Lipinski definition) is 4. The number of amides is 1. The van der Waals surface area contributed by atoms with Gasteiger partial charge in [-0.05, 0) is 47.0 Å². The minimum atomic E-state index is -2.94. The number of phenols is 1. The second-order valence-corrected chi connectivity index (χ2v) is 6.09. The SMILES string of the molecule is COc1cc(CCNC(=O)c2cc3ccccc3cc2O)ccc1OC(F)F. The third kappa shape index (κ3) is 4.49. The number of aromatic hydroxyl groups is 1. The van der Waals surface area contributed by atoms with Crippen molar-refractivity contribution in [1.29, 1.82) is 0 Å². The molecule has 0 spiro atoms. The highest BCUT2D eigenvalue weighted by Gasteiger charge is 2.13. The molecule has 0 aliphatic rings. The van der Waals surface area contributed by atoms with Gasteiger partial charge in [-0.1, -0.05) is 30.3 Å². The standard InChI is InChI=1S/C21H19F2NO4/c1-27-19-10-13(6-7-18(19)28-21(22)23)8-9-24-20(26)16-11-14-4-2-3-5-15(14)12-17(16)25/h2-7,10-12,21,25H,8-9H2,1H3,(H,24,26). The molecule has 3 rings (SSSR count). The number of nitrogens with one attached hydrogen (secondary N) is 1. The zero-order chi connectivity index (χ0) is 20.1. The lowest BCUT2D eigenvalue weighted by Crippen LogP contribution is -2.25. The van der Waals surface area contributed by atoms with Gasteiger partial charge in [-0.3, -0.25) is 4.79 Å². The second kappa shape index (κ2) is 8.56. The lowest BCUT2D eigenvalue weighted by Gasteiger charge is -2.12. The molecule has 0 fully saturated rings. The van der Waals surface area contributed by atoms with E-state index in [1.165, 1.54) is 13.2 Å². The molecule has 28 heavy (non-hydrogen) atoms. The van der Waals surface area contributed by atoms with Gasteiger partial charge in [0.1, 0.15) is 5.75 Å². The van der Waals surface area contributed by atoms with Crippen molar-refractivity contribution in [2.24, 2.45) is 0 Å². The molecule has 0 radical (unpaired) electrons. The van der Waals surface area contributed by atoms with Crippen molar-refractivity contribution >= 4 is 16.7 Å². The van der Waals surface area contributed by atoms with Crippen LogP contribution >= 0.6 is 0 Å². The number of hydrogen-bond donors (Lipinski definition) is 2. The van der Waals surface area contributed by atoms with Crippen LogP contribution < -0.4 is 14.8 Å². The molecule has 3 aromatic carbocycles. The number of phenolic OH excluding ortho intramolecular Hbond substituents is 1. The molecular weight excluding hydrogens is 368 g/mol. The Morgan fingerprint density at radius 2 is 1.79 bits per heavy atom. The lowest BCUT2D eigenvalue weighted by atomic mass is 10.1. The Bertz CT molecular complexity index is 991. The van der Waals surface area contributed by atoms with E-state index in [1.807, 2.05) is 24.3 Å². The molecule has 0 saturated carbocycles. The molecule has 5 nitrogen and oxygen atoms in total. The van der Waals surface area contributed by atoms with Crippen LogP contribution in [0.3, 0.4) is 0 Å². The van der Waals surface area contributed by atoms with Crippen molar-refractivity contribution in [3.8, 4) is 17.2 Å². The number of ether oxygens (including phenoxy) is 2. The Morgan fingerprint density at radius 1 is 1.07 bits per heavy atom. The van der Waals surface area contributed by atoms with Crippen molar-refractivity contribution in [3.63, 3.8) is 0 Å². The van der Waals surface area contributed by atoms with Gasteiger partial charge in [-0.2, -0.15) is 8.78 Å². The monoisotopic (exact) mass is 387 g/mol. The first-order valence-corrected chi connectivity index (χ1v) is 8.59. The van der Waals surface area contributed by atoms with Crippen LogP contribution in [-0.2, 0) is 6.42 Å². The third-order valence-corrected chi connectivity index (χ3v) is 4.25.